The van der Waals surface area contributed by atoms with Crippen LogP contribution >= 0.6 is 0 Å². The average molecular weight is 385 g/mol. The maximum Gasteiger partial charge on any atom is 0.363 e. The van der Waals surface area contributed by atoms with E-state index in [0.29, 0.717) is 23.7 Å². The van der Waals surface area contributed by atoms with E-state index in [1.807, 2.05) is 72.8 Å². The number of nitrogens with zero attached hydrogens (tertiary/aromatic N) is 1. The van der Waals surface area contributed by atoms with E-state index < -0.39 is 5.97 Å². The maximum atomic E-state index is 12.3. The first-order valence-corrected chi connectivity index (χ1v) is 9.16. The standard InChI is InChI=1S/C24H19NO4/c1-27-20-12-7-11-19(14-20)23-25-21(24(26)29-23)15-18-10-5-6-13-22(18)28-16-17-8-3-2-4-9-17/h2-15H,16H2,1H3/b21-15-. The van der Waals surface area contributed by atoms with Crippen molar-refractivity contribution in [2.75, 3.05) is 7.11 Å². The Morgan fingerprint density at radius 1 is 0.966 bits per heavy atom. The molecule has 0 radical (unpaired) electrons. The number of para-hydroxylation sites is 1. The lowest BCUT2D eigenvalue weighted by atomic mass is 10.1. The van der Waals surface area contributed by atoms with Crippen LogP contribution in [0.15, 0.2) is 89.6 Å². The van der Waals surface area contributed by atoms with Crippen molar-refractivity contribution in [3.63, 3.8) is 0 Å². The van der Waals surface area contributed by atoms with Crippen LogP contribution in [-0.2, 0) is 16.1 Å². The zero-order valence-electron chi connectivity index (χ0n) is 15.9. The average Bonchev–Trinajstić information content (AvgIpc) is 3.14. The van der Waals surface area contributed by atoms with Crippen molar-refractivity contribution in [3.8, 4) is 11.5 Å². The summed E-state index contributed by atoms with van der Waals surface area (Å²) in [7, 11) is 1.58. The molecule has 1 aliphatic heterocycles. The van der Waals surface area contributed by atoms with E-state index in [1.165, 1.54) is 0 Å². The summed E-state index contributed by atoms with van der Waals surface area (Å²) in [5.41, 5.74) is 2.72. The summed E-state index contributed by atoms with van der Waals surface area (Å²) in [5, 5.41) is 0. The normalized spacial score (nSPS) is 14.4. The number of hydrogen-bond donors (Lipinski definition) is 0. The van der Waals surface area contributed by atoms with Gasteiger partial charge in [0.2, 0.25) is 5.90 Å². The molecule has 0 saturated heterocycles. The minimum absolute atomic E-state index is 0.221. The SMILES string of the molecule is COc1cccc(C2=N/C(=C\c3ccccc3OCc3ccccc3)C(=O)O2)c1. The van der Waals surface area contributed by atoms with Crippen molar-refractivity contribution in [1.82, 2.24) is 0 Å². The highest BCUT2D eigenvalue weighted by atomic mass is 16.6. The Hall–Kier alpha value is -3.86. The van der Waals surface area contributed by atoms with Crippen LogP contribution in [0, 0.1) is 0 Å². The highest BCUT2D eigenvalue weighted by Gasteiger charge is 2.24. The van der Waals surface area contributed by atoms with Crippen molar-refractivity contribution in [2.45, 2.75) is 6.61 Å². The number of ether oxygens (including phenoxy) is 3. The second-order valence-electron chi connectivity index (χ2n) is 6.38. The molecule has 4 rings (SSSR count). The summed E-state index contributed by atoms with van der Waals surface area (Å²) in [6, 6.07) is 24.6. The van der Waals surface area contributed by atoms with Gasteiger partial charge < -0.3 is 14.2 Å². The van der Waals surface area contributed by atoms with Crippen LogP contribution in [0.3, 0.4) is 0 Å². The molecule has 5 nitrogen and oxygen atoms in total. The van der Waals surface area contributed by atoms with Crippen LogP contribution in [0.5, 0.6) is 11.5 Å². The third-order valence-electron chi connectivity index (χ3n) is 4.39. The number of rotatable bonds is 6. The topological polar surface area (TPSA) is 57.1 Å². The lowest BCUT2D eigenvalue weighted by Gasteiger charge is -2.09. The minimum atomic E-state index is -0.499. The lowest BCUT2D eigenvalue weighted by Crippen LogP contribution is -2.05. The Morgan fingerprint density at radius 3 is 2.59 bits per heavy atom. The highest BCUT2D eigenvalue weighted by Crippen LogP contribution is 2.26. The number of carbonyl (C=O) groups excluding carboxylic acids is 1. The summed E-state index contributed by atoms with van der Waals surface area (Å²) in [6.45, 7) is 0.434. The molecule has 0 saturated carbocycles. The van der Waals surface area contributed by atoms with Gasteiger partial charge in [-0.25, -0.2) is 9.79 Å². The first-order valence-electron chi connectivity index (χ1n) is 9.16. The van der Waals surface area contributed by atoms with Gasteiger partial charge in [0.05, 0.1) is 7.11 Å². The molecular formula is C24H19NO4. The summed E-state index contributed by atoms with van der Waals surface area (Å²) >= 11 is 0. The van der Waals surface area contributed by atoms with Crippen LogP contribution < -0.4 is 9.47 Å². The zero-order valence-corrected chi connectivity index (χ0v) is 15.9. The maximum absolute atomic E-state index is 12.3. The van der Waals surface area contributed by atoms with E-state index in [9.17, 15) is 4.79 Å². The van der Waals surface area contributed by atoms with Gasteiger partial charge in [0.15, 0.2) is 5.70 Å². The molecule has 0 unspecified atom stereocenters. The van der Waals surface area contributed by atoms with Crippen LogP contribution in [0.2, 0.25) is 0 Å². The van der Waals surface area contributed by atoms with Crippen LogP contribution in [0.25, 0.3) is 6.08 Å². The number of esters is 1. The number of benzene rings is 3. The molecule has 5 heteroatoms. The van der Waals surface area contributed by atoms with E-state index >= 15 is 0 Å². The van der Waals surface area contributed by atoms with Gasteiger partial charge in [0.25, 0.3) is 0 Å². The first-order chi connectivity index (χ1) is 14.2. The molecule has 3 aromatic rings. The van der Waals surface area contributed by atoms with Gasteiger partial charge in [-0.05, 0) is 35.9 Å². The Bertz CT molecular complexity index is 1090. The number of hydrogen-bond acceptors (Lipinski definition) is 5. The molecule has 0 fully saturated rings. The minimum Gasteiger partial charge on any atom is -0.497 e. The molecule has 0 spiro atoms. The van der Waals surface area contributed by atoms with Gasteiger partial charge in [-0.2, -0.15) is 0 Å². The third-order valence-corrected chi connectivity index (χ3v) is 4.39. The van der Waals surface area contributed by atoms with Crippen LogP contribution in [-0.4, -0.2) is 19.0 Å². The summed E-state index contributed by atoms with van der Waals surface area (Å²) < 4.78 is 16.5. The Balaban J connectivity index is 1.59. The van der Waals surface area contributed by atoms with Crippen molar-refractivity contribution in [1.29, 1.82) is 0 Å². The van der Waals surface area contributed by atoms with E-state index in [2.05, 4.69) is 4.99 Å². The number of cyclic esters (lactones) is 1. The Morgan fingerprint density at radius 2 is 1.76 bits per heavy atom. The van der Waals surface area contributed by atoms with Crippen LogP contribution in [0.4, 0.5) is 0 Å². The molecule has 0 bridgehead atoms. The second-order valence-corrected chi connectivity index (χ2v) is 6.38. The van der Waals surface area contributed by atoms with E-state index in [0.717, 1.165) is 11.1 Å². The summed E-state index contributed by atoms with van der Waals surface area (Å²) in [5.74, 6) is 1.09. The van der Waals surface area contributed by atoms with Crippen molar-refractivity contribution in [3.05, 3.63) is 101 Å². The van der Waals surface area contributed by atoms with Crippen molar-refractivity contribution < 1.29 is 19.0 Å². The predicted octanol–water partition coefficient (Wildman–Crippen LogP) is 4.62. The summed E-state index contributed by atoms with van der Waals surface area (Å²) in [6.07, 6.45) is 1.68. The monoisotopic (exact) mass is 385 g/mol. The smallest absolute Gasteiger partial charge is 0.363 e. The van der Waals surface area contributed by atoms with Crippen molar-refractivity contribution >= 4 is 17.9 Å². The lowest BCUT2D eigenvalue weighted by molar-refractivity contribution is -0.129. The van der Waals surface area contributed by atoms with Gasteiger partial charge >= 0.3 is 5.97 Å². The van der Waals surface area contributed by atoms with E-state index in [4.69, 9.17) is 14.2 Å². The molecule has 1 aliphatic rings. The summed E-state index contributed by atoms with van der Waals surface area (Å²) in [4.78, 5) is 16.7. The van der Waals surface area contributed by atoms with E-state index in [1.54, 1.807) is 19.3 Å². The second kappa shape index (κ2) is 8.44. The molecular weight excluding hydrogens is 366 g/mol. The largest absolute Gasteiger partial charge is 0.497 e. The fraction of sp³-hybridized carbons (Fsp3) is 0.0833. The molecule has 29 heavy (non-hydrogen) atoms. The molecule has 0 aromatic heterocycles. The molecule has 3 aromatic carbocycles. The molecule has 0 atom stereocenters. The first kappa shape index (κ1) is 18.5. The Kier molecular flexibility index (Phi) is 5.38. The van der Waals surface area contributed by atoms with E-state index in [-0.39, 0.29) is 11.6 Å². The number of aliphatic imine (C=N–C) groups is 1. The van der Waals surface area contributed by atoms with Gasteiger partial charge in [-0.15, -0.1) is 0 Å². The zero-order chi connectivity index (χ0) is 20.1. The molecule has 0 aliphatic carbocycles. The van der Waals surface area contributed by atoms with Crippen LogP contribution in [0.1, 0.15) is 16.7 Å². The fourth-order valence-corrected chi connectivity index (χ4v) is 2.90. The van der Waals surface area contributed by atoms with Gasteiger partial charge in [-0.3, -0.25) is 0 Å². The third kappa shape index (κ3) is 4.35. The van der Waals surface area contributed by atoms with Crippen molar-refractivity contribution in [2.24, 2.45) is 4.99 Å². The predicted molar refractivity (Wildman–Crippen MR) is 111 cm³/mol. The molecule has 144 valence electrons. The highest BCUT2D eigenvalue weighted by molar-refractivity contribution is 6.13. The molecule has 0 N–H and O–H groups in total. The van der Waals surface area contributed by atoms with Gasteiger partial charge in [0.1, 0.15) is 18.1 Å². The molecule has 0 amide bonds. The fourth-order valence-electron chi connectivity index (χ4n) is 2.90. The number of methoxy groups -OCH3 is 1. The number of carbonyl (C=O) groups is 1. The molecule has 1 heterocycles. The van der Waals surface area contributed by atoms with Gasteiger partial charge in [0, 0.05) is 11.1 Å². The van der Waals surface area contributed by atoms with Gasteiger partial charge in [-0.1, -0.05) is 54.6 Å². The Labute approximate surface area is 168 Å². The quantitative estimate of drug-likeness (QED) is 0.459.